The molecule has 1 aliphatic rings. The van der Waals surface area contributed by atoms with E-state index in [4.69, 9.17) is 15.2 Å². The van der Waals surface area contributed by atoms with Crippen LogP contribution in [0.3, 0.4) is 0 Å². The molecule has 1 aromatic rings. The molecule has 1 aliphatic heterocycles. The number of nitrogens with two attached hydrogens (primary N) is 1. The SMILES string of the molecule is COc1cccc(C(=O)N2CCC(OC)CC2CN)c1O. The number of rotatable bonds is 4. The number of ether oxygens (including phenoxy) is 2. The van der Waals surface area contributed by atoms with E-state index in [2.05, 4.69) is 0 Å². The monoisotopic (exact) mass is 294 g/mol. The van der Waals surface area contributed by atoms with Gasteiger partial charge in [-0.1, -0.05) is 6.07 Å². The highest BCUT2D eigenvalue weighted by Gasteiger charge is 2.32. The maximum atomic E-state index is 12.7. The zero-order chi connectivity index (χ0) is 15.4. The Labute approximate surface area is 124 Å². The summed E-state index contributed by atoms with van der Waals surface area (Å²) >= 11 is 0. The molecule has 0 saturated carbocycles. The molecule has 1 aromatic carbocycles. The van der Waals surface area contributed by atoms with Gasteiger partial charge in [-0.3, -0.25) is 4.79 Å². The van der Waals surface area contributed by atoms with Crippen molar-refractivity contribution in [1.29, 1.82) is 0 Å². The largest absolute Gasteiger partial charge is 0.504 e. The van der Waals surface area contributed by atoms with Gasteiger partial charge in [-0.2, -0.15) is 0 Å². The highest BCUT2D eigenvalue weighted by atomic mass is 16.5. The summed E-state index contributed by atoms with van der Waals surface area (Å²) in [4.78, 5) is 14.4. The van der Waals surface area contributed by atoms with Gasteiger partial charge in [-0.05, 0) is 25.0 Å². The number of methoxy groups -OCH3 is 2. The topological polar surface area (TPSA) is 85.0 Å². The predicted molar refractivity (Wildman–Crippen MR) is 78.6 cm³/mol. The zero-order valence-electron chi connectivity index (χ0n) is 12.4. The molecule has 0 bridgehead atoms. The normalized spacial score (nSPS) is 22.1. The van der Waals surface area contributed by atoms with Gasteiger partial charge >= 0.3 is 0 Å². The Balaban J connectivity index is 2.23. The van der Waals surface area contributed by atoms with E-state index >= 15 is 0 Å². The number of carbonyl (C=O) groups is 1. The van der Waals surface area contributed by atoms with Crippen LogP contribution in [0.15, 0.2) is 18.2 Å². The van der Waals surface area contributed by atoms with Crippen LogP contribution in [0.2, 0.25) is 0 Å². The lowest BCUT2D eigenvalue weighted by atomic mass is 9.98. The molecule has 1 amide bonds. The van der Waals surface area contributed by atoms with Gasteiger partial charge in [-0.25, -0.2) is 0 Å². The number of likely N-dealkylation sites (tertiary alicyclic amines) is 1. The van der Waals surface area contributed by atoms with Crippen LogP contribution in [0.4, 0.5) is 0 Å². The van der Waals surface area contributed by atoms with Crippen LogP contribution in [0.1, 0.15) is 23.2 Å². The fourth-order valence-corrected chi connectivity index (χ4v) is 2.73. The molecule has 1 fully saturated rings. The number of aromatic hydroxyl groups is 1. The van der Waals surface area contributed by atoms with Crippen molar-refractivity contribution in [2.45, 2.75) is 25.0 Å². The number of carbonyl (C=O) groups excluding carboxylic acids is 1. The van der Waals surface area contributed by atoms with E-state index in [1.807, 2.05) is 0 Å². The summed E-state index contributed by atoms with van der Waals surface area (Å²) in [5.41, 5.74) is 6.02. The standard InChI is InChI=1S/C15H22N2O4/c1-20-11-6-7-17(10(8-11)9-16)15(19)12-4-3-5-13(21-2)14(12)18/h3-5,10-11,18H,6-9,16H2,1-2H3. The fraction of sp³-hybridized carbons (Fsp3) is 0.533. The molecule has 0 radical (unpaired) electrons. The van der Waals surface area contributed by atoms with Crippen molar-refractivity contribution >= 4 is 5.91 Å². The second kappa shape index (κ2) is 6.78. The van der Waals surface area contributed by atoms with Crippen LogP contribution >= 0.6 is 0 Å². The third-order valence-corrected chi connectivity index (χ3v) is 3.98. The van der Waals surface area contributed by atoms with Crippen LogP contribution in [-0.2, 0) is 4.74 Å². The molecule has 116 valence electrons. The van der Waals surface area contributed by atoms with E-state index in [9.17, 15) is 9.90 Å². The lowest BCUT2D eigenvalue weighted by Crippen LogP contribution is -2.51. The number of phenolic OH excluding ortho intramolecular Hbond substituents is 1. The number of benzene rings is 1. The predicted octanol–water partition coefficient (Wildman–Crippen LogP) is 0.979. The first-order valence-electron chi connectivity index (χ1n) is 7.02. The molecule has 3 N–H and O–H groups in total. The van der Waals surface area contributed by atoms with Crippen molar-refractivity contribution in [2.24, 2.45) is 5.73 Å². The molecule has 2 rings (SSSR count). The third kappa shape index (κ3) is 3.11. The number of phenols is 1. The number of piperidine rings is 1. The molecular formula is C15H22N2O4. The summed E-state index contributed by atoms with van der Waals surface area (Å²) in [5.74, 6) is -0.0667. The summed E-state index contributed by atoms with van der Waals surface area (Å²) in [6.07, 6.45) is 1.61. The van der Waals surface area contributed by atoms with Gasteiger partial charge in [0.1, 0.15) is 0 Å². The maximum Gasteiger partial charge on any atom is 0.258 e. The van der Waals surface area contributed by atoms with Crippen molar-refractivity contribution in [3.8, 4) is 11.5 Å². The van der Waals surface area contributed by atoms with E-state index in [0.717, 1.165) is 6.42 Å². The lowest BCUT2D eigenvalue weighted by molar-refractivity contribution is 0.0137. The Kier molecular flexibility index (Phi) is 5.03. The Hall–Kier alpha value is -1.79. The van der Waals surface area contributed by atoms with Crippen LogP contribution in [-0.4, -0.2) is 55.4 Å². The molecule has 0 aliphatic carbocycles. The quantitative estimate of drug-likeness (QED) is 0.864. The summed E-state index contributed by atoms with van der Waals surface area (Å²) in [7, 11) is 3.12. The smallest absolute Gasteiger partial charge is 0.258 e. The van der Waals surface area contributed by atoms with Crippen molar-refractivity contribution in [3.63, 3.8) is 0 Å². The number of nitrogens with zero attached hydrogens (tertiary/aromatic N) is 1. The minimum absolute atomic E-state index is 0.0817. The second-order valence-electron chi connectivity index (χ2n) is 5.13. The molecule has 21 heavy (non-hydrogen) atoms. The summed E-state index contributed by atoms with van der Waals surface area (Å²) in [5, 5.41) is 10.1. The second-order valence-corrected chi connectivity index (χ2v) is 5.13. The van der Waals surface area contributed by atoms with E-state index in [1.54, 1.807) is 30.2 Å². The highest BCUT2D eigenvalue weighted by molar-refractivity contribution is 5.98. The van der Waals surface area contributed by atoms with Gasteiger partial charge < -0.3 is 25.2 Å². The average Bonchev–Trinajstić information content (AvgIpc) is 2.53. The minimum Gasteiger partial charge on any atom is -0.504 e. The van der Waals surface area contributed by atoms with Crippen LogP contribution < -0.4 is 10.5 Å². The molecule has 1 heterocycles. The van der Waals surface area contributed by atoms with Crippen LogP contribution in [0.25, 0.3) is 0 Å². The molecule has 1 saturated heterocycles. The third-order valence-electron chi connectivity index (χ3n) is 3.98. The van der Waals surface area contributed by atoms with Gasteiger partial charge in [0, 0.05) is 26.2 Å². The van der Waals surface area contributed by atoms with Gasteiger partial charge in [0.25, 0.3) is 5.91 Å². The molecule has 2 unspecified atom stereocenters. The van der Waals surface area contributed by atoms with E-state index in [0.29, 0.717) is 19.5 Å². The summed E-state index contributed by atoms with van der Waals surface area (Å²) < 4.78 is 10.4. The first kappa shape index (κ1) is 15.6. The molecule has 6 heteroatoms. The Bertz CT molecular complexity index is 506. The Morgan fingerprint density at radius 3 is 2.86 bits per heavy atom. The molecule has 2 atom stereocenters. The van der Waals surface area contributed by atoms with E-state index in [1.165, 1.54) is 7.11 Å². The number of para-hydroxylation sites is 1. The van der Waals surface area contributed by atoms with Gasteiger partial charge in [0.2, 0.25) is 0 Å². The van der Waals surface area contributed by atoms with Gasteiger partial charge in [0.15, 0.2) is 11.5 Å². The Morgan fingerprint density at radius 1 is 1.48 bits per heavy atom. The molecular weight excluding hydrogens is 272 g/mol. The van der Waals surface area contributed by atoms with Crippen molar-refractivity contribution in [1.82, 2.24) is 4.90 Å². The molecule has 6 nitrogen and oxygen atoms in total. The first-order chi connectivity index (χ1) is 10.1. The van der Waals surface area contributed by atoms with Gasteiger partial charge in [-0.15, -0.1) is 0 Å². The number of hydrogen-bond donors (Lipinski definition) is 2. The maximum absolute atomic E-state index is 12.7. The Morgan fingerprint density at radius 2 is 2.24 bits per heavy atom. The van der Waals surface area contributed by atoms with Crippen LogP contribution in [0, 0.1) is 0 Å². The van der Waals surface area contributed by atoms with Crippen LogP contribution in [0.5, 0.6) is 11.5 Å². The minimum atomic E-state index is -0.226. The van der Waals surface area contributed by atoms with Crippen molar-refractivity contribution in [2.75, 3.05) is 27.3 Å². The first-order valence-corrected chi connectivity index (χ1v) is 7.02. The summed E-state index contributed by atoms with van der Waals surface area (Å²) in [6.45, 7) is 0.937. The summed E-state index contributed by atoms with van der Waals surface area (Å²) in [6, 6.07) is 4.81. The lowest BCUT2D eigenvalue weighted by Gasteiger charge is -2.38. The highest BCUT2D eigenvalue weighted by Crippen LogP contribution is 2.31. The molecule has 0 spiro atoms. The van der Waals surface area contributed by atoms with E-state index < -0.39 is 0 Å². The average molecular weight is 294 g/mol. The van der Waals surface area contributed by atoms with Gasteiger partial charge in [0.05, 0.1) is 18.8 Å². The van der Waals surface area contributed by atoms with E-state index in [-0.39, 0.29) is 35.1 Å². The van der Waals surface area contributed by atoms with Crippen molar-refractivity contribution in [3.05, 3.63) is 23.8 Å². The fourth-order valence-electron chi connectivity index (χ4n) is 2.73. The zero-order valence-corrected chi connectivity index (χ0v) is 12.4. The number of hydrogen-bond acceptors (Lipinski definition) is 5. The number of amides is 1. The molecule has 0 aromatic heterocycles. The van der Waals surface area contributed by atoms with Crippen molar-refractivity contribution < 1.29 is 19.4 Å².